The zero-order chi connectivity index (χ0) is 21.3. The van der Waals surface area contributed by atoms with Gasteiger partial charge in [0.1, 0.15) is 12.1 Å². The summed E-state index contributed by atoms with van der Waals surface area (Å²) in [4.78, 5) is 28.6. The van der Waals surface area contributed by atoms with Crippen LogP contribution >= 0.6 is 11.6 Å². The number of anilines is 2. The van der Waals surface area contributed by atoms with Gasteiger partial charge in [-0.3, -0.25) is 9.59 Å². The van der Waals surface area contributed by atoms with Crippen molar-refractivity contribution >= 4 is 40.6 Å². The number of nitrogens with one attached hydrogen (secondary N) is 1. The van der Waals surface area contributed by atoms with Crippen molar-refractivity contribution in [2.45, 2.75) is 12.8 Å². The fourth-order valence-electron chi connectivity index (χ4n) is 3.50. The van der Waals surface area contributed by atoms with Crippen LogP contribution in [0, 0.1) is 5.92 Å². The summed E-state index contributed by atoms with van der Waals surface area (Å²) < 4.78 is 1.64. The first kappa shape index (κ1) is 20.1. The number of piperidine rings is 1. The van der Waals surface area contributed by atoms with Crippen molar-refractivity contribution in [1.82, 2.24) is 24.7 Å². The summed E-state index contributed by atoms with van der Waals surface area (Å²) in [6.07, 6.45) is 2.96. The van der Waals surface area contributed by atoms with Crippen LogP contribution in [-0.4, -0.2) is 63.7 Å². The van der Waals surface area contributed by atoms with Gasteiger partial charge in [-0.15, -0.1) is 15.3 Å². The van der Waals surface area contributed by atoms with Gasteiger partial charge in [0.2, 0.25) is 5.91 Å². The largest absolute Gasteiger partial charge is 0.355 e. The Balaban J connectivity index is 1.40. The smallest absolute Gasteiger partial charge is 0.253 e. The summed E-state index contributed by atoms with van der Waals surface area (Å²) in [7, 11) is 3.36. The first-order chi connectivity index (χ1) is 14.4. The molecular formula is C20H22ClN7O2. The zero-order valence-corrected chi connectivity index (χ0v) is 17.5. The van der Waals surface area contributed by atoms with Gasteiger partial charge in [0, 0.05) is 38.7 Å². The molecule has 0 radical (unpaired) electrons. The molecule has 1 aliphatic rings. The highest BCUT2D eigenvalue weighted by molar-refractivity contribution is 6.33. The number of carbonyl (C=O) groups is 2. The standard InChI is InChI=1S/C20H22ClN7O2/c1-26(2)20(30)14-3-4-15(21)16(11-14)23-19(29)13-7-9-27(10-8-13)18-6-5-17-24-22-12-28(17)25-18/h3-6,11-13H,7-10H2,1-2H3,(H,23,29). The molecule has 1 saturated heterocycles. The van der Waals surface area contributed by atoms with Crippen molar-refractivity contribution in [3.05, 3.63) is 47.2 Å². The van der Waals surface area contributed by atoms with Crippen molar-refractivity contribution in [1.29, 1.82) is 0 Å². The summed E-state index contributed by atoms with van der Waals surface area (Å²) in [5.74, 6) is 0.463. The van der Waals surface area contributed by atoms with Gasteiger partial charge in [-0.2, -0.15) is 4.52 Å². The van der Waals surface area contributed by atoms with Crippen molar-refractivity contribution in [2.75, 3.05) is 37.4 Å². The van der Waals surface area contributed by atoms with E-state index in [-0.39, 0.29) is 17.7 Å². The van der Waals surface area contributed by atoms with Gasteiger partial charge >= 0.3 is 0 Å². The Bertz CT molecular complexity index is 1090. The molecule has 30 heavy (non-hydrogen) atoms. The fourth-order valence-corrected chi connectivity index (χ4v) is 3.67. The Morgan fingerprint density at radius 2 is 1.93 bits per heavy atom. The maximum atomic E-state index is 12.8. The van der Waals surface area contributed by atoms with Crippen LogP contribution < -0.4 is 10.2 Å². The maximum absolute atomic E-state index is 12.8. The monoisotopic (exact) mass is 427 g/mol. The maximum Gasteiger partial charge on any atom is 0.253 e. The molecule has 156 valence electrons. The highest BCUT2D eigenvalue weighted by atomic mass is 35.5. The molecule has 0 unspecified atom stereocenters. The second-order valence-corrected chi connectivity index (χ2v) is 7.88. The van der Waals surface area contributed by atoms with E-state index in [0.29, 0.717) is 47.9 Å². The van der Waals surface area contributed by atoms with Gasteiger partial charge < -0.3 is 15.1 Å². The first-order valence-corrected chi connectivity index (χ1v) is 10.0. The number of halogens is 1. The van der Waals surface area contributed by atoms with Crippen molar-refractivity contribution in [2.24, 2.45) is 5.92 Å². The molecule has 3 heterocycles. The zero-order valence-electron chi connectivity index (χ0n) is 16.7. The van der Waals surface area contributed by atoms with Crippen LogP contribution in [0.2, 0.25) is 5.02 Å². The molecule has 2 aromatic heterocycles. The van der Waals surface area contributed by atoms with E-state index in [1.54, 1.807) is 43.1 Å². The van der Waals surface area contributed by atoms with Gasteiger partial charge in [0.25, 0.3) is 5.91 Å². The molecule has 1 fully saturated rings. The molecule has 0 aliphatic carbocycles. The number of benzene rings is 1. The van der Waals surface area contributed by atoms with Gasteiger partial charge in [0.05, 0.1) is 10.7 Å². The van der Waals surface area contributed by atoms with Crippen molar-refractivity contribution < 1.29 is 9.59 Å². The molecule has 1 N–H and O–H groups in total. The summed E-state index contributed by atoms with van der Waals surface area (Å²) in [6.45, 7) is 1.43. The fraction of sp³-hybridized carbons (Fsp3) is 0.350. The lowest BCUT2D eigenvalue weighted by molar-refractivity contribution is -0.120. The molecule has 9 nitrogen and oxygen atoms in total. The molecule has 0 spiro atoms. The number of hydrogen-bond acceptors (Lipinski definition) is 6. The number of rotatable bonds is 4. The van der Waals surface area contributed by atoms with Crippen LogP contribution in [0.5, 0.6) is 0 Å². The third-order valence-electron chi connectivity index (χ3n) is 5.21. The number of hydrogen-bond donors (Lipinski definition) is 1. The van der Waals surface area contributed by atoms with E-state index in [1.807, 2.05) is 12.1 Å². The van der Waals surface area contributed by atoms with Gasteiger partial charge in [-0.1, -0.05) is 11.6 Å². The third kappa shape index (κ3) is 4.06. The predicted molar refractivity (Wildman–Crippen MR) is 114 cm³/mol. The minimum Gasteiger partial charge on any atom is -0.355 e. The lowest BCUT2D eigenvalue weighted by Gasteiger charge is -2.32. The molecule has 1 aliphatic heterocycles. The highest BCUT2D eigenvalue weighted by Crippen LogP contribution is 2.27. The Morgan fingerprint density at radius 1 is 1.17 bits per heavy atom. The molecule has 0 atom stereocenters. The van der Waals surface area contributed by atoms with Crippen LogP contribution in [0.4, 0.5) is 11.5 Å². The normalized spacial score (nSPS) is 14.7. The first-order valence-electron chi connectivity index (χ1n) is 9.66. The van der Waals surface area contributed by atoms with Crippen LogP contribution in [0.1, 0.15) is 23.2 Å². The number of carbonyl (C=O) groups excluding carboxylic acids is 2. The molecule has 0 bridgehead atoms. The number of fused-ring (bicyclic) bond motifs is 1. The Morgan fingerprint density at radius 3 is 2.67 bits per heavy atom. The minimum absolute atomic E-state index is 0.0896. The molecule has 3 aromatic rings. The average molecular weight is 428 g/mol. The second kappa shape index (κ2) is 8.27. The quantitative estimate of drug-likeness (QED) is 0.686. The van der Waals surface area contributed by atoms with E-state index in [0.717, 1.165) is 5.82 Å². The van der Waals surface area contributed by atoms with E-state index in [9.17, 15) is 9.59 Å². The van der Waals surface area contributed by atoms with Crippen LogP contribution in [0.3, 0.4) is 0 Å². The van der Waals surface area contributed by atoms with Gasteiger partial charge in [0.15, 0.2) is 5.65 Å². The Labute approximate surface area is 178 Å². The number of nitrogens with zero attached hydrogens (tertiary/aromatic N) is 6. The van der Waals surface area contributed by atoms with Crippen LogP contribution in [0.15, 0.2) is 36.7 Å². The highest BCUT2D eigenvalue weighted by Gasteiger charge is 2.26. The Hall–Kier alpha value is -3.20. The molecule has 4 rings (SSSR count). The summed E-state index contributed by atoms with van der Waals surface area (Å²) >= 11 is 6.24. The van der Waals surface area contributed by atoms with E-state index >= 15 is 0 Å². The lowest BCUT2D eigenvalue weighted by Crippen LogP contribution is -2.38. The molecule has 1 aromatic carbocycles. The molecular weight excluding hydrogens is 406 g/mol. The second-order valence-electron chi connectivity index (χ2n) is 7.47. The van der Waals surface area contributed by atoms with E-state index in [4.69, 9.17) is 11.6 Å². The SMILES string of the molecule is CN(C)C(=O)c1ccc(Cl)c(NC(=O)C2CCN(c3ccc4nncn4n3)CC2)c1. The molecule has 2 amide bonds. The van der Waals surface area contributed by atoms with Crippen LogP contribution in [-0.2, 0) is 4.79 Å². The van der Waals surface area contributed by atoms with E-state index in [2.05, 4.69) is 25.5 Å². The van der Waals surface area contributed by atoms with Crippen LogP contribution in [0.25, 0.3) is 5.65 Å². The molecule has 10 heteroatoms. The average Bonchev–Trinajstić information content (AvgIpc) is 3.22. The van der Waals surface area contributed by atoms with Gasteiger partial charge in [-0.25, -0.2) is 0 Å². The lowest BCUT2D eigenvalue weighted by atomic mass is 9.95. The number of aromatic nitrogens is 4. The van der Waals surface area contributed by atoms with Gasteiger partial charge in [-0.05, 0) is 43.2 Å². The summed E-state index contributed by atoms with van der Waals surface area (Å²) in [5, 5.41) is 15.6. The van der Waals surface area contributed by atoms with Crippen molar-refractivity contribution in [3.8, 4) is 0 Å². The summed E-state index contributed by atoms with van der Waals surface area (Å²) in [6, 6.07) is 8.69. The topological polar surface area (TPSA) is 95.7 Å². The predicted octanol–water partition coefficient (Wildman–Crippen LogP) is 2.33. The third-order valence-corrected chi connectivity index (χ3v) is 5.54. The number of amides is 2. The Kier molecular flexibility index (Phi) is 5.54. The van der Waals surface area contributed by atoms with E-state index < -0.39 is 0 Å². The minimum atomic E-state index is -0.145. The van der Waals surface area contributed by atoms with Crippen molar-refractivity contribution in [3.63, 3.8) is 0 Å². The molecule has 0 saturated carbocycles. The summed E-state index contributed by atoms with van der Waals surface area (Å²) in [5.41, 5.74) is 1.63. The van der Waals surface area contributed by atoms with E-state index in [1.165, 1.54) is 4.90 Å².